The van der Waals surface area contributed by atoms with Crippen molar-refractivity contribution in [3.63, 3.8) is 0 Å². The van der Waals surface area contributed by atoms with Crippen LogP contribution in [0.15, 0.2) is 6.07 Å². The number of hydrogen-bond donors (Lipinski definition) is 1. The summed E-state index contributed by atoms with van der Waals surface area (Å²) in [5.74, 6) is -1.39. The molecule has 2 rings (SSSR count). The summed E-state index contributed by atoms with van der Waals surface area (Å²) in [7, 11) is 2.81. The second-order valence-electron chi connectivity index (χ2n) is 4.73. The van der Waals surface area contributed by atoms with E-state index < -0.39 is 17.0 Å². The van der Waals surface area contributed by atoms with Crippen molar-refractivity contribution in [3.05, 3.63) is 23.3 Å². The van der Waals surface area contributed by atoms with Gasteiger partial charge in [-0.2, -0.15) is 0 Å². The molecular formula is C13H17F2NO2. The van der Waals surface area contributed by atoms with Gasteiger partial charge in [0.05, 0.1) is 14.2 Å². The van der Waals surface area contributed by atoms with Crippen LogP contribution in [0.1, 0.15) is 25.3 Å². The molecule has 1 saturated carbocycles. The van der Waals surface area contributed by atoms with Crippen LogP contribution < -0.4 is 15.2 Å². The largest absolute Gasteiger partial charge is 0.493 e. The topological polar surface area (TPSA) is 44.5 Å². The maximum Gasteiger partial charge on any atom is 0.167 e. The highest BCUT2D eigenvalue weighted by Crippen LogP contribution is 2.56. The molecule has 0 amide bonds. The molecule has 0 aromatic heterocycles. The van der Waals surface area contributed by atoms with E-state index in [-0.39, 0.29) is 23.1 Å². The normalized spacial score (nSPS) is 18.3. The summed E-state index contributed by atoms with van der Waals surface area (Å²) in [6, 6.07) is 0.724. The van der Waals surface area contributed by atoms with Crippen LogP contribution in [0.3, 0.4) is 0 Å². The number of benzene rings is 1. The van der Waals surface area contributed by atoms with E-state index in [1.807, 2.05) is 0 Å². The molecule has 1 aromatic carbocycles. The summed E-state index contributed by atoms with van der Waals surface area (Å²) >= 11 is 0. The standard InChI is InChI=1S/C13H17F2NO2/c1-7(16)13(4-5-13)10-11(15)8(14)6-9(17-2)12(10)18-3/h6-7H,4-5,16H2,1-3H3. The highest BCUT2D eigenvalue weighted by Gasteiger charge is 2.52. The third-order valence-corrected chi connectivity index (χ3v) is 3.72. The third kappa shape index (κ3) is 1.73. The Morgan fingerprint density at radius 2 is 1.89 bits per heavy atom. The Hall–Kier alpha value is -1.36. The zero-order chi connectivity index (χ0) is 13.5. The quantitative estimate of drug-likeness (QED) is 0.900. The lowest BCUT2D eigenvalue weighted by atomic mass is 9.88. The Bertz CT molecular complexity index is 471. The third-order valence-electron chi connectivity index (χ3n) is 3.72. The fourth-order valence-electron chi connectivity index (χ4n) is 2.45. The first-order valence-electron chi connectivity index (χ1n) is 5.84. The minimum absolute atomic E-state index is 0.193. The SMILES string of the molecule is COc1cc(F)c(F)c(C2(C(C)N)CC2)c1OC. The minimum atomic E-state index is -0.936. The van der Waals surface area contributed by atoms with Crippen molar-refractivity contribution in [2.45, 2.75) is 31.2 Å². The molecule has 0 bridgehead atoms. The number of ether oxygens (including phenoxy) is 2. The molecule has 1 fully saturated rings. The van der Waals surface area contributed by atoms with Gasteiger partial charge in [-0.15, -0.1) is 0 Å². The van der Waals surface area contributed by atoms with E-state index >= 15 is 0 Å². The minimum Gasteiger partial charge on any atom is -0.493 e. The number of halogens is 2. The second-order valence-corrected chi connectivity index (χ2v) is 4.73. The molecule has 2 N–H and O–H groups in total. The fourth-order valence-corrected chi connectivity index (χ4v) is 2.45. The summed E-state index contributed by atoms with van der Waals surface area (Å²) in [5.41, 5.74) is 5.58. The predicted octanol–water partition coefficient (Wildman–Crippen LogP) is 2.36. The van der Waals surface area contributed by atoms with Crippen molar-refractivity contribution in [2.75, 3.05) is 14.2 Å². The number of rotatable bonds is 4. The highest BCUT2D eigenvalue weighted by molar-refractivity contribution is 5.54. The van der Waals surface area contributed by atoms with Gasteiger partial charge in [0.15, 0.2) is 23.1 Å². The molecule has 3 nitrogen and oxygen atoms in total. The average molecular weight is 257 g/mol. The Kier molecular flexibility index (Phi) is 3.19. The van der Waals surface area contributed by atoms with Crippen LogP contribution in [0.4, 0.5) is 8.78 Å². The molecule has 100 valence electrons. The van der Waals surface area contributed by atoms with Gasteiger partial charge in [-0.3, -0.25) is 0 Å². The second kappa shape index (κ2) is 4.39. The van der Waals surface area contributed by atoms with E-state index in [0.29, 0.717) is 0 Å². The van der Waals surface area contributed by atoms with Gasteiger partial charge in [-0.25, -0.2) is 8.78 Å². The van der Waals surface area contributed by atoms with Gasteiger partial charge in [-0.1, -0.05) is 0 Å². The van der Waals surface area contributed by atoms with Crippen molar-refractivity contribution in [1.29, 1.82) is 0 Å². The van der Waals surface area contributed by atoms with E-state index in [1.165, 1.54) is 14.2 Å². The van der Waals surface area contributed by atoms with Gasteiger partial charge in [0.25, 0.3) is 0 Å². The van der Waals surface area contributed by atoms with E-state index in [9.17, 15) is 8.78 Å². The molecule has 1 aromatic rings. The Balaban J connectivity index is 2.68. The monoisotopic (exact) mass is 257 g/mol. The molecule has 1 atom stereocenters. The van der Waals surface area contributed by atoms with Crippen LogP contribution in [-0.4, -0.2) is 20.3 Å². The van der Waals surface area contributed by atoms with Gasteiger partial charge in [0.1, 0.15) is 0 Å². The molecule has 0 spiro atoms. The van der Waals surface area contributed by atoms with Gasteiger partial charge < -0.3 is 15.2 Å². The van der Waals surface area contributed by atoms with E-state index in [1.54, 1.807) is 6.92 Å². The lowest BCUT2D eigenvalue weighted by Gasteiger charge is -2.24. The zero-order valence-electron chi connectivity index (χ0n) is 10.7. The Morgan fingerprint density at radius 1 is 1.28 bits per heavy atom. The van der Waals surface area contributed by atoms with Crippen LogP contribution in [-0.2, 0) is 5.41 Å². The molecule has 1 aliphatic carbocycles. The van der Waals surface area contributed by atoms with Crippen molar-refractivity contribution in [1.82, 2.24) is 0 Å². The van der Waals surface area contributed by atoms with Gasteiger partial charge in [0.2, 0.25) is 0 Å². The van der Waals surface area contributed by atoms with Gasteiger partial charge in [0, 0.05) is 23.1 Å². The molecule has 18 heavy (non-hydrogen) atoms. The summed E-state index contributed by atoms with van der Waals surface area (Å²) < 4.78 is 37.9. The number of nitrogens with two attached hydrogens (primary N) is 1. The van der Waals surface area contributed by atoms with Gasteiger partial charge in [-0.05, 0) is 19.8 Å². The van der Waals surface area contributed by atoms with Gasteiger partial charge >= 0.3 is 0 Å². The summed E-state index contributed by atoms with van der Waals surface area (Å²) in [4.78, 5) is 0. The molecule has 5 heteroatoms. The summed E-state index contributed by atoms with van der Waals surface area (Å²) in [6.07, 6.45) is 1.45. The first-order valence-corrected chi connectivity index (χ1v) is 5.84. The molecule has 0 heterocycles. The van der Waals surface area contributed by atoms with Crippen molar-refractivity contribution in [2.24, 2.45) is 5.73 Å². The van der Waals surface area contributed by atoms with E-state index in [2.05, 4.69) is 0 Å². The predicted molar refractivity (Wildman–Crippen MR) is 64.0 cm³/mol. The number of methoxy groups -OCH3 is 2. The lowest BCUT2D eigenvalue weighted by molar-refractivity contribution is 0.333. The van der Waals surface area contributed by atoms with Crippen LogP contribution >= 0.6 is 0 Å². The molecular weight excluding hydrogens is 240 g/mol. The smallest absolute Gasteiger partial charge is 0.167 e. The molecule has 1 aliphatic rings. The van der Waals surface area contributed by atoms with Crippen LogP contribution in [0.25, 0.3) is 0 Å². The Morgan fingerprint density at radius 3 is 2.28 bits per heavy atom. The maximum atomic E-state index is 14.1. The van der Waals surface area contributed by atoms with E-state index in [4.69, 9.17) is 15.2 Å². The summed E-state index contributed by atoms with van der Waals surface area (Å²) in [6.45, 7) is 1.79. The van der Waals surface area contributed by atoms with Crippen molar-refractivity contribution >= 4 is 0 Å². The van der Waals surface area contributed by atoms with Crippen LogP contribution in [0, 0.1) is 11.6 Å². The van der Waals surface area contributed by atoms with Crippen LogP contribution in [0.2, 0.25) is 0 Å². The number of hydrogen-bond acceptors (Lipinski definition) is 3. The average Bonchev–Trinajstić information content (AvgIpc) is 3.12. The van der Waals surface area contributed by atoms with E-state index in [0.717, 1.165) is 18.9 Å². The molecule has 1 unspecified atom stereocenters. The fraction of sp³-hybridized carbons (Fsp3) is 0.538. The highest BCUT2D eigenvalue weighted by atomic mass is 19.2. The Labute approximate surface area is 105 Å². The molecule has 0 radical (unpaired) electrons. The van der Waals surface area contributed by atoms with Crippen LogP contribution in [0.5, 0.6) is 11.5 Å². The van der Waals surface area contributed by atoms with Crippen molar-refractivity contribution < 1.29 is 18.3 Å². The summed E-state index contributed by atoms with van der Waals surface area (Å²) in [5, 5.41) is 0. The first-order chi connectivity index (χ1) is 8.47. The zero-order valence-corrected chi connectivity index (χ0v) is 10.7. The molecule has 0 saturated heterocycles. The van der Waals surface area contributed by atoms with Crippen molar-refractivity contribution in [3.8, 4) is 11.5 Å². The maximum absolute atomic E-state index is 14.1. The molecule has 0 aliphatic heterocycles. The first kappa shape index (κ1) is 13.1. The lowest BCUT2D eigenvalue weighted by Crippen LogP contribution is -2.33.